The predicted octanol–water partition coefficient (Wildman–Crippen LogP) is 15.1. The third-order valence-corrected chi connectivity index (χ3v) is 13.5. The van der Waals surface area contributed by atoms with Crippen LogP contribution in [0.2, 0.25) is 0 Å². The summed E-state index contributed by atoms with van der Waals surface area (Å²) < 4.78 is 7.17. The molecule has 0 atom stereocenters. The second-order valence-electron chi connectivity index (χ2n) is 16.0. The first-order valence-corrected chi connectivity index (χ1v) is 22.0. The van der Waals surface area contributed by atoms with E-state index in [2.05, 4.69) is 221 Å². The SMILES string of the molecule is c1ccc(-c2ccc3c(c2)c2ccccc2n3-c2cccc(-c3nc(-c4ccc5c(c4)sc4ccccc45)nc(-c4ccc5c6ccccc6n(-c6ccccc6)c5c4)n3)c2)cc1. The Morgan fingerprint density at radius 2 is 0.762 bits per heavy atom. The lowest BCUT2D eigenvalue weighted by Gasteiger charge is -2.12. The molecule has 0 bridgehead atoms. The average Bonchev–Trinajstić information content (AvgIpc) is 4.01. The Hall–Kier alpha value is -8.19. The van der Waals surface area contributed by atoms with E-state index in [-0.39, 0.29) is 0 Å². The Balaban J connectivity index is 1.01. The monoisotopic (exact) mass is 821 g/mol. The third-order valence-electron chi connectivity index (χ3n) is 12.4. The second kappa shape index (κ2) is 14.2. The minimum absolute atomic E-state index is 0.615. The number of rotatable bonds is 6. The average molecular weight is 822 g/mol. The number of nitrogens with zero attached hydrogens (tertiary/aromatic N) is 5. The molecule has 0 saturated carbocycles. The van der Waals surface area contributed by atoms with Crippen molar-refractivity contribution in [3.05, 3.63) is 212 Å². The first-order chi connectivity index (χ1) is 31.2. The molecular weight excluding hydrogens is 787 g/mol. The van der Waals surface area contributed by atoms with E-state index in [0.717, 1.165) is 50.1 Å². The van der Waals surface area contributed by atoms with Gasteiger partial charge in [-0.2, -0.15) is 0 Å². The highest BCUT2D eigenvalue weighted by molar-refractivity contribution is 7.25. The van der Waals surface area contributed by atoms with Crippen LogP contribution in [0.5, 0.6) is 0 Å². The van der Waals surface area contributed by atoms with Gasteiger partial charge in [-0.25, -0.2) is 15.0 Å². The van der Waals surface area contributed by atoms with Crippen LogP contribution in [-0.4, -0.2) is 24.1 Å². The molecule has 0 saturated heterocycles. The highest BCUT2D eigenvalue weighted by atomic mass is 32.1. The standard InChI is InChI=1S/C57H35N5S/c1-3-14-36(15-4-1)37-28-31-51-48(33-37)44-21-8-11-24-50(44)62(51)42-19-13-16-38(32-42)55-58-56(60-57(59-55)40-27-30-47-46-22-9-12-25-53(46)63-54(47)35-40)39-26-29-45-43-20-7-10-23-49(43)61(52(45)34-39)41-17-5-2-6-18-41/h1-35H. The van der Waals surface area contributed by atoms with Gasteiger partial charge in [-0.05, 0) is 77.9 Å². The van der Waals surface area contributed by atoms with Gasteiger partial charge in [0.05, 0.1) is 22.1 Å². The third kappa shape index (κ3) is 5.80. The molecule has 63 heavy (non-hydrogen) atoms. The molecule has 0 spiro atoms. The fourth-order valence-electron chi connectivity index (χ4n) is 9.44. The molecule has 5 nitrogen and oxygen atoms in total. The maximum absolute atomic E-state index is 5.31. The molecule has 0 aliphatic heterocycles. The van der Waals surface area contributed by atoms with Gasteiger partial charge >= 0.3 is 0 Å². The van der Waals surface area contributed by atoms with E-state index in [1.807, 2.05) is 0 Å². The van der Waals surface area contributed by atoms with Crippen molar-refractivity contribution < 1.29 is 0 Å². The van der Waals surface area contributed by atoms with Gasteiger partial charge in [-0.1, -0.05) is 146 Å². The van der Waals surface area contributed by atoms with Crippen LogP contribution in [-0.2, 0) is 0 Å². The first-order valence-electron chi connectivity index (χ1n) is 21.2. The van der Waals surface area contributed by atoms with Crippen LogP contribution in [0.3, 0.4) is 0 Å². The van der Waals surface area contributed by atoms with E-state index >= 15 is 0 Å². The largest absolute Gasteiger partial charge is 0.309 e. The van der Waals surface area contributed by atoms with Gasteiger partial charge in [0.15, 0.2) is 17.5 Å². The van der Waals surface area contributed by atoms with E-state index in [4.69, 9.17) is 15.0 Å². The minimum atomic E-state index is 0.615. The van der Waals surface area contributed by atoms with Gasteiger partial charge in [0.1, 0.15) is 0 Å². The number of fused-ring (bicyclic) bond motifs is 9. The normalized spacial score (nSPS) is 11.8. The smallest absolute Gasteiger partial charge is 0.164 e. The van der Waals surface area contributed by atoms with Crippen molar-refractivity contribution >= 4 is 75.1 Å². The summed E-state index contributed by atoms with van der Waals surface area (Å²) in [6.45, 7) is 0. The molecule has 6 heteroatoms. The molecule has 0 unspecified atom stereocenters. The number of hydrogen-bond acceptors (Lipinski definition) is 4. The number of aromatic nitrogens is 5. The summed E-state index contributed by atoms with van der Waals surface area (Å²) in [5.74, 6) is 1.87. The molecule has 0 radical (unpaired) electrons. The van der Waals surface area contributed by atoms with Gasteiger partial charge in [0, 0.05) is 69.8 Å². The van der Waals surface area contributed by atoms with Crippen molar-refractivity contribution in [2.45, 2.75) is 0 Å². The second-order valence-corrected chi connectivity index (χ2v) is 17.1. The Labute approximate surface area is 366 Å². The molecule has 13 rings (SSSR count). The predicted molar refractivity (Wildman–Crippen MR) is 263 cm³/mol. The molecule has 0 aliphatic rings. The summed E-state index contributed by atoms with van der Waals surface area (Å²) in [6.07, 6.45) is 0. The molecule has 4 heterocycles. The topological polar surface area (TPSA) is 48.5 Å². The van der Waals surface area contributed by atoms with Gasteiger partial charge in [-0.3, -0.25) is 0 Å². The summed E-state index contributed by atoms with van der Waals surface area (Å²) in [4.78, 5) is 15.9. The van der Waals surface area contributed by atoms with Gasteiger partial charge < -0.3 is 9.13 Å². The van der Waals surface area contributed by atoms with Crippen molar-refractivity contribution in [2.24, 2.45) is 0 Å². The summed E-state index contributed by atoms with van der Waals surface area (Å²) in [5.41, 5.74) is 11.9. The molecular formula is C57H35N5S. The van der Waals surface area contributed by atoms with Gasteiger partial charge in [0.25, 0.3) is 0 Å². The molecule has 0 aliphatic carbocycles. The van der Waals surface area contributed by atoms with E-state index in [1.54, 1.807) is 11.3 Å². The van der Waals surface area contributed by atoms with E-state index in [1.165, 1.54) is 52.8 Å². The van der Waals surface area contributed by atoms with E-state index in [0.29, 0.717) is 17.5 Å². The zero-order chi connectivity index (χ0) is 41.4. The lowest BCUT2D eigenvalue weighted by molar-refractivity contribution is 1.07. The molecule has 0 amide bonds. The molecule has 0 N–H and O–H groups in total. The van der Waals surface area contributed by atoms with Crippen LogP contribution in [0.15, 0.2) is 212 Å². The summed E-state index contributed by atoms with van der Waals surface area (Å²) >= 11 is 1.80. The maximum Gasteiger partial charge on any atom is 0.164 e. The van der Waals surface area contributed by atoms with Crippen LogP contribution in [0.25, 0.3) is 120 Å². The first kappa shape index (κ1) is 35.6. The summed E-state index contributed by atoms with van der Waals surface area (Å²) in [7, 11) is 0. The van der Waals surface area contributed by atoms with Crippen molar-refractivity contribution in [1.82, 2.24) is 24.1 Å². The Kier molecular flexibility index (Phi) is 8.01. The Morgan fingerprint density at radius 3 is 1.51 bits per heavy atom. The molecule has 4 aromatic heterocycles. The fraction of sp³-hybridized carbons (Fsp3) is 0. The Morgan fingerprint density at radius 1 is 0.270 bits per heavy atom. The zero-order valence-electron chi connectivity index (χ0n) is 33.9. The van der Waals surface area contributed by atoms with E-state index < -0.39 is 0 Å². The summed E-state index contributed by atoms with van der Waals surface area (Å²) in [6, 6.07) is 75.6. The molecule has 13 aromatic rings. The number of hydrogen-bond donors (Lipinski definition) is 0. The zero-order valence-corrected chi connectivity index (χ0v) is 34.7. The van der Waals surface area contributed by atoms with Crippen molar-refractivity contribution in [3.8, 4) is 56.7 Å². The quantitative estimate of drug-likeness (QED) is 0.168. The lowest BCUT2D eigenvalue weighted by Crippen LogP contribution is -2.01. The van der Waals surface area contributed by atoms with Crippen LogP contribution < -0.4 is 0 Å². The van der Waals surface area contributed by atoms with Crippen LogP contribution in [0.4, 0.5) is 0 Å². The molecule has 294 valence electrons. The van der Waals surface area contributed by atoms with Crippen molar-refractivity contribution in [2.75, 3.05) is 0 Å². The number of thiophene rings is 1. The van der Waals surface area contributed by atoms with E-state index in [9.17, 15) is 0 Å². The number of benzene rings is 9. The number of para-hydroxylation sites is 3. The molecule has 9 aromatic carbocycles. The van der Waals surface area contributed by atoms with Crippen LogP contribution >= 0.6 is 11.3 Å². The minimum Gasteiger partial charge on any atom is -0.309 e. The highest BCUT2D eigenvalue weighted by Gasteiger charge is 2.19. The fourth-order valence-corrected chi connectivity index (χ4v) is 10.6. The maximum atomic E-state index is 5.31. The summed E-state index contributed by atoms with van der Waals surface area (Å²) in [5, 5.41) is 7.30. The highest BCUT2D eigenvalue weighted by Crippen LogP contribution is 2.39. The van der Waals surface area contributed by atoms with Gasteiger partial charge in [0.2, 0.25) is 0 Å². The van der Waals surface area contributed by atoms with Crippen LogP contribution in [0.1, 0.15) is 0 Å². The van der Waals surface area contributed by atoms with Crippen LogP contribution in [0, 0.1) is 0 Å². The Bertz CT molecular complexity index is 3920. The molecule has 0 fully saturated rings. The van der Waals surface area contributed by atoms with Gasteiger partial charge in [-0.15, -0.1) is 11.3 Å². The lowest BCUT2D eigenvalue weighted by atomic mass is 10.0. The van der Waals surface area contributed by atoms with Crippen molar-refractivity contribution in [1.29, 1.82) is 0 Å². The van der Waals surface area contributed by atoms with Crippen molar-refractivity contribution in [3.63, 3.8) is 0 Å².